The van der Waals surface area contributed by atoms with E-state index in [1.165, 1.54) is 6.08 Å². The highest BCUT2D eigenvalue weighted by atomic mass is 32.2. The molecule has 2 atom stereocenters. The zero-order chi connectivity index (χ0) is 16.7. The zero-order valence-corrected chi connectivity index (χ0v) is 13.6. The predicted octanol–water partition coefficient (Wildman–Crippen LogP) is 3.48. The van der Waals surface area contributed by atoms with Crippen LogP contribution in [-0.4, -0.2) is 24.9 Å². The van der Waals surface area contributed by atoms with Crippen molar-refractivity contribution in [2.24, 2.45) is 0 Å². The van der Waals surface area contributed by atoms with Crippen LogP contribution in [0.15, 0.2) is 84.3 Å². The number of hydrogen-bond donors (Lipinski definition) is 1. The number of hydrogen-bond acceptors (Lipinski definition) is 3. The maximum absolute atomic E-state index is 12.8. The van der Waals surface area contributed by atoms with E-state index in [2.05, 4.69) is 6.58 Å². The summed E-state index contributed by atoms with van der Waals surface area (Å²) in [4.78, 5) is 0.249. The van der Waals surface area contributed by atoms with Crippen LogP contribution in [0.4, 0.5) is 0 Å². The first-order chi connectivity index (χ1) is 11.0. The first-order valence-corrected chi connectivity index (χ1v) is 8.91. The van der Waals surface area contributed by atoms with E-state index in [-0.39, 0.29) is 11.3 Å². The fourth-order valence-corrected chi connectivity index (χ4v) is 3.83. The smallest absolute Gasteiger partial charge is 0.184 e. The normalized spacial score (nSPS) is 14.5. The molecule has 4 heteroatoms. The Morgan fingerprint density at radius 2 is 1.57 bits per heavy atom. The lowest BCUT2D eigenvalue weighted by molar-refractivity contribution is 0.215. The SMILES string of the molecule is C=C[C@H](O)C[C@@H](/C=C\c1ccccc1)S(=O)(=O)c1ccccc1. The molecule has 1 N–H and O–H groups in total. The molecule has 2 rings (SSSR count). The Labute approximate surface area is 137 Å². The Bertz CT molecular complexity index is 750. The van der Waals surface area contributed by atoms with E-state index in [9.17, 15) is 13.5 Å². The van der Waals surface area contributed by atoms with Crippen LogP contribution in [0.25, 0.3) is 6.08 Å². The highest BCUT2D eigenvalue weighted by Gasteiger charge is 2.26. The summed E-state index contributed by atoms with van der Waals surface area (Å²) < 4.78 is 25.6. The van der Waals surface area contributed by atoms with Crippen LogP contribution < -0.4 is 0 Å². The van der Waals surface area contributed by atoms with E-state index >= 15 is 0 Å². The number of aliphatic hydroxyl groups excluding tert-OH is 1. The van der Waals surface area contributed by atoms with Gasteiger partial charge in [-0.15, -0.1) is 6.58 Å². The van der Waals surface area contributed by atoms with Gasteiger partial charge in [-0.25, -0.2) is 8.42 Å². The van der Waals surface area contributed by atoms with Gasteiger partial charge in [0, 0.05) is 0 Å². The van der Waals surface area contributed by atoms with Gasteiger partial charge in [0.15, 0.2) is 9.84 Å². The quantitative estimate of drug-likeness (QED) is 0.792. The number of aliphatic hydroxyl groups is 1. The van der Waals surface area contributed by atoms with E-state index in [1.54, 1.807) is 42.5 Å². The van der Waals surface area contributed by atoms with Crippen molar-refractivity contribution in [1.29, 1.82) is 0 Å². The third-order valence-electron chi connectivity index (χ3n) is 3.52. The third-order valence-corrected chi connectivity index (χ3v) is 5.60. The second-order valence-electron chi connectivity index (χ2n) is 5.21. The molecule has 0 aliphatic rings. The molecular weight excluding hydrogens is 308 g/mol. The summed E-state index contributed by atoms with van der Waals surface area (Å²) in [6, 6.07) is 17.8. The molecule has 23 heavy (non-hydrogen) atoms. The Kier molecular flexibility index (Phi) is 5.90. The van der Waals surface area contributed by atoms with Gasteiger partial charge in [-0.2, -0.15) is 0 Å². The van der Waals surface area contributed by atoms with Crippen molar-refractivity contribution in [2.75, 3.05) is 0 Å². The van der Waals surface area contributed by atoms with E-state index in [0.29, 0.717) is 0 Å². The van der Waals surface area contributed by atoms with Gasteiger partial charge in [-0.3, -0.25) is 0 Å². The van der Waals surface area contributed by atoms with Gasteiger partial charge in [0.05, 0.1) is 16.2 Å². The molecule has 0 unspecified atom stereocenters. The van der Waals surface area contributed by atoms with Crippen LogP contribution in [0.5, 0.6) is 0 Å². The van der Waals surface area contributed by atoms with Gasteiger partial charge < -0.3 is 5.11 Å². The molecule has 0 saturated heterocycles. The molecule has 0 fully saturated rings. The average molecular weight is 328 g/mol. The van der Waals surface area contributed by atoms with E-state index in [1.807, 2.05) is 30.3 Å². The van der Waals surface area contributed by atoms with Gasteiger partial charge in [0.2, 0.25) is 0 Å². The molecule has 0 aromatic heterocycles. The largest absolute Gasteiger partial charge is 0.389 e. The topological polar surface area (TPSA) is 54.4 Å². The van der Waals surface area contributed by atoms with Crippen LogP contribution in [-0.2, 0) is 9.84 Å². The molecule has 2 aromatic carbocycles. The van der Waals surface area contributed by atoms with Crippen LogP contribution in [0.1, 0.15) is 12.0 Å². The molecule has 0 spiro atoms. The molecule has 0 radical (unpaired) electrons. The summed E-state index contributed by atoms with van der Waals surface area (Å²) >= 11 is 0. The molecule has 0 saturated carbocycles. The lowest BCUT2D eigenvalue weighted by Crippen LogP contribution is -2.24. The van der Waals surface area contributed by atoms with Crippen molar-refractivity contribution in [2.45, 2.75) is 22.7 Å². The number of rotatable bonds is 7. The van der Waals surface area contributed by atoms with Crippen molar-refractivity contribution in [3.8, 4) is 0 Å². The van der Waals surface area contributed by atoms with Crippen LogP contribution in [0.2, 0.25) is 0 Å². The summed E-state index contributed by atoms with van der Waals surface area (Å²) in [6.07, 6.45) is 3.94. The number of sulfone groups is 1. The zero-order valence-electron chi connectivity index (χ0n) is 12.7. The second kappa shape index (κ2) is 7.90. The summed E-state index contributed by atoms with van der Waals surface area (Å²) in [5, 5.41) is 9.00. The monoisotopic (exact) mass is 328 g/mol. The maximum Gasteiger partial charge on any atom is 0.184 e. The molecule has 0 heterocycles. The van der Waals surface area contributed by atoms with Gasteiger partial charge in [-0.1, -0.05) is 66.8 Å². The molecule has 2 aromatic rings. The molecular formula is C19H20O3S. The third kappa shape index (κ3) is 4.65. The minimum absolute atomic E-state index is 0.0735. The standard InChI is InChI=1S/C19H20O3S/c1-2-17(20)15-19(14-13-16-9-5-3-6-10-16)23(21,22)18-11-7-4-8-12-18/h2-14,17,19-20H,1,15H2/b14-13-/t17-,19+/m0/s1. The van der Waals surface area contributed by atoms with Crippen LogP contribution in [0, 0.1) is 0 Å². The van der Waals surface area contributed by atoms with Gasteiger partial charge in [0.1, 0.15) is 0 Å². The highest BCUT2D eigenvalue weighted by Crippen LogP contribution is 2.21. The Hall–Kier alpha value is -2.17. The maximum atomic E-state index is 12.8. The fourth-order valence-electron chi connectivity index (χ4n) is 2.21. The second-order valence-corrected chi connectivity index (χ2v) is 7.37. The summed E-state index contributed by atoms with van der Waals surface area (Å²) in [7, 11) is -3.57. The Morgan fingerprint density at radius 1 is 1.00 bits per heavy atom. The van der Waals surface area contributed by atoms with E-state index in [4.69, 9.17) is 0 Å². The first kappa shape index (κ1) is 17.2. The molecule has 3 nitrogen and oxygen atoms in total. The fraction of sp³-hybridized carbons (Fsp3) is 0.158. The molecule has 0 amide bonds. The van der Waals surface area contributed by atoms with E-state index in [0.717, 1.165) is 5.56 Å². The minimum Gasteiger partial charge on any atom is -0.389 e. The van der Waals surface area contributed by atoms with Gasteiger partial charge in [-0.05, 0) is 24.1 Å². The van der Waals surface area contributed by atoms with Crippen molar-refractivity contribution in [3.05, 3.63) is 85.0 Å². The van der Waals surface area contributed by atoms with Crippen molar-refractivity contribution < 1.29 is 13.5 Å². The molecule has 0 aliphatic carbocycles. The minimum atomic E-state index is -3.57. The van der Waals surface area contributed by atoms with Crippen LogP contribution in [0.3, 0.4) is 0 Å². The lowest BCUT2D eigenvalue weighted by atomic mass is 10.1. The van der Waals surface area contributed by atoms with E-state index < -0.39 is 21.2 Å². The van der Waals surface area contributed by atoms with Gasteiger partial charge >= 0.3 is 0 Å². The Morgan fingerprint density at radius 3 is 2.13 bits per heavy atom. The molecule has 0 bridgehead atoms. The average Bonchev–Trinajstić information content (AvgIpc) is 2.59. The van der Waals surface area contributed by atoms with Crippen molar-refractivity contribution in [3.63, 3.8) is 0 Å². The summed E-state index contributed by atoms with van der Waals surface area (Å²) in [5.41, 5.74) is 0.911. The lowest BCUT2D eigenvalue weighted by Gasteiger charge is -2.16. The van der Waals surface area contributed by atoms with Crippen molar-refractivity contribution in [1.82, 2.24) is 0 Å². The number of benzene rings is 2. The van der Waals surface area contributed by atoms with Gasteiger partial charge in [0.25, 0.3) is 0 Å². The predicted molar refractivity (Wildman–Crippen MR) is 93.7 cm³/mol. The van der Waals surface area contributed by atoms with Crippen molar-refractivity contribution >= 4 is 15.9 Å². The van der Waals surface area contributed by atoms with Crippen LogP contribution >= 0.6 is 0 Å². The first-order valence-electron chi connectivity index (χ1n) is 7.37. The Balaban J connectivity index is 2.34. The highest BCUT2D eigenvalue weighted by molar-refractivity contribution is 7.92. The summed E-state index contributed by atoms with van der Waals surface area (Å²) in [5.74, 6) is 0. The molecule has 120 valence electrons. The summed E-state index contributed by atoms with van der Waals surface area (Å²) in [6.45, 7) is 3.52. The molecule has 0 aliphatic heterocycles.